The molecule has 0 atom stereocenters. The maximum Gasteiger partial charge on any atom is 0.258 e. The number of anilines is 1. The number of aromatic nitrogens is 1. The maximum absolute atomic E-state index is 13.1. The van der Waals surface area contributed by atoms with Crippen LogP contribution in [0.1, 0.15) is 30.4 Å². The fourth-order valence-electron chi connectivity index (χ4n) is 4.43. The van der Waals surface area contributed by atoms with Crippen molar-refractivity contribution in [1.82, 2.24) is 9.47 Å². The Kier molecular flexibility index (Phi) is 6.52. The molecule has 3 aromatic rings. The molecule has 1 saturated heterocycles. The predicted octanol–water partition coefficient (Wildman–Crippen LogP) is 4.22. The van der Waals surface area contributed by atoms with Crippen molar-refractivity contribution in [2.75, 3.05) is 25.5 Å². The average Bonchev–Trinajstić information content (AvgIpc) is 2.76. The Bertz CT molecular complexity index is 1130. The molecule has 5 heteroatoms. The molecule has 162 valence electrons. The van der Waals surface area contributed by atoms with Gasteiger partial charge in [-0.25, -0.2) is 0 Å². The molecule has 1 aliphatic heterocycles. The highest BCUT2D eigenvalue weighted by atomic mass is 16.1. The number of nitrogens with zero attached hydrogens (tertiary/aromatic N) is 2. The van der Waals surface area contributed by atoms with Crippen LogP contribution in [0.5, 0.6) is 0 Å². The van der Waals surface area contributed by atoms with Crippen molar-refractivity contribution in [2.45, 2.75) is 39.2 Å². The summed E-state index contributed by atoms with van der Waals surface area (Å²) < 4.78 is 1.83. The van der Waals surface area contributed by atoms with Gasteiger partial charge in [-0.05, 0) is 76.0 Å². The number of aryl methyl sites for hydroxylation is 2. The van der Waals surface area contributed by atoms with Gasteiger partial charge in [-0.15, -0.1) is 0 Å². The lowest BCUT2D eigenvalue weighted by Crippen LogP contribution is -2.33. The van der Waals surface area contributed by atoms with Gasteiger partial charge in [0.1, 0.15) is 0 Å². The number of nitrogens with one attached hydrogen (secondary N) is 1. The minimum Gasteiger partial charge on any atom is -0.326 e. The Labute approximate surface area is 183 Å². The van der Waals surface area contributed by atoms with Gasteiger partial charge in [0, 0.05) is 35.6 Å². The number of hydrogen-bond acceptors (Lipinski definition) is 3. The lowest BCUT2D eigenvalue weighted by molar-refractivity contribution is -0.116. The number of carbonyl (C=O) groups excluding carboxylic acids is 1. The fraction of sp³-hybridized carbons (Fsp3) is 0.385. The molecule has 31 heavy (non-hydrogen) atoms. The highest BCUT2D eigenvalue weighted by Gasteiger charge is 2.18. The number of fused-ring (bicyclic) bond motifs is 1. The summed E-state index contributed by atoms with van der Waals surface area (Å²) in [6.45, 7) is 4.99. The molecule has 1 amide bonds. The zero-order valence-corrected chi connectivity index (χ0v) is 18.4. The van der Waals surface area contributed by atoms with Gasteiger partial charge in [-0.2, -0.15) is 0 Å². The summed E-state index contributed by atoms with van der Waals surface area (Å²) in [5, 5.41) is 4.47. The fourth-order valence-corrected chi connectivity index (χ4v) is 4.43. The van der Waals surface area contributed by atoms with Crippen LogP contribution in [0.15, 0.2) is 59.5 Å². The van der Waals surface area contributed by atoms with E-state index in [9.17, 15) is 9.59 Å². The van der Waals surface area contributed by atoms with E-state index in [0.717, 1.165) is 43.4 Å². The third-order valence-electron chi connectivity index (χ3n) is 6.31. The van der Waals surface area contributed by atoms with Crippen molar-refractivity contribution in [1.29, 1.82) is 0 Å². The van der Waals surface area contributed by atoms with Crippen LogP contribution in [0.4, 0.5) is 5.69 Å². The molecule has 5 nitrogen and oxygen atoms in total. The maximum atomic E-state index is 13.1. The number of rotatable bonds is 6. The van der Waals surface area contributed by atoms with Crippen molar-refractivity contribution in [3.05, 3.63) is 76.2 Å². The molecule has 0 spiro atoms. The summed E-state index contributed by atoms with van der Waals surface area (Å²) in [7, 11) is 2.15. The highest BCUT2D eigenvalue weighted by molar-refractivity contribution is 6.01. The second kappa shape index (κ2) is 9.48. The summed E-state index contributed by atoms with van der Waals surface area (Å²) in [5.41, 5.74) is 3.08. The quantitative estimate of drug-likeness (QED) is 0.653. The Balaban J connectivity index is 1.46. The molecule has 1 aromatic heterocycles. The minimum atomic E-state index is -0.0375. The molecule has 2 aromatic carbocycles. The molecule has 0 unspecified atom stereocenters. The first-order valence-corrected chi connectivity index (χ1v) is 11.2. The number of likely N-dealkylation sites (tertiary alicyclic amines) is 1. The molecule has 1 fully saturated rings. The normalized spacial score (nSPS) is 15.3. The van der Waals surface area contributed by atoms with Crippen LogP contribution < -0.4 is 10.9 Å². The Hall–Kier alpha value is -2.92. The van der Waals surface area contributed by atoms with Gasteiger partial charge in [0.15, 0.2) is 0 Å². The largest absolute Gasteiger partial charge is 0.326 e. The number of benzene rings is 2. The van der Waals surface area contributed by atoms with Gasteiger partial charge in [0.25, 0.3) is 5.56 Å². The monoisotopic (exact) mass is 417 g/mol. The van der Waals surface area contributed by atoms with E-state index < -0.39 is 0 Å². The zero-order valence-electron chi connectivity index (χ0n) is 18.4. The number of amides is 1. The van der Waals surface area contributed by atoms with E-state index >= 15 is 0 Å². The van der Waals surface area contributed by atoms with E-state index in [-0.39, 0.29) is 11.5 Å². The summed E-state index contributed by atoms with van der Waals surface area (Å²) in [6.07, 6.45) is 5.23. The second-order valence-electron chi connectivity index (χ2n) is 8.82. The van der Waals surface area contributed by atoms with Crippen LogP contribution in [0.3, 0.4) is 0 Å². The van der Waals surface area contributed by atoms with Gasteiger partial charge in [0.2, 0.25) is 5.91 Å². The van der Waals surface area contributed by atoms with Gasteiger partial charge < -0.3 is 14.8 Å². The second-order valence-corrected chi connectivity index (χ2v) is 8.82. The molecule has 0 radical (unpaired) electrons. The molecular formula is C26H31N3O2. The van der Waals surface area contributed by atoms with Crippen molar-refractivity contribution in [3.8, 4) is 0 Å². The Morgan fingerprint density at radius 3 is 2.61 bits per heavy atom. The minimum absolute atomic E-state index is 0.0206. The van der Waals surface area contributed by atoms with Gasteiger partial charge in [0.05, 0.1) is 0 Å². The van der Waals surface area contributed by atoms with E-state index in [0.29, 0.717) is 29.8 Å². The van der Waals surface area contributed by atoms with Crippen LogP contribution in [0.25, 0.3) is 10.8 Å². The number of carbonyl (C=O) groups is 1. The molecule has 1 N–H and O–H groups in total. The lowest BCUT2D eigenvalue weighted by atomic mass is 9.97. The SMILES string of the molecule is Cc1cccc(CCC(=O)Nc2cccc3c(=O)n(CC4CCN(C)CC4)ccc23)c1. The summed E-state index contributed by atoms with van der Waals surface area (Å²) in [4.78, 5) is 28.0. The molecule has 0 bridgehead atoms. The molecule has 4 rings (SSSR count). The lowest BCUT2D eigenvalue weighted by Gasteiger charge is -2.29. The van der Waals surface area contributed by atoms with Crippen LogP contribution >= 0.6 is 0 Å². The van der Waals surface area contributed by atoms with Crippen molar-refractivity contribution < 1.29 is 4.79 Å². The van der Waals surface area contributed by atoms with Crippen molar-refractivity contribution in [2.24, 2.45) is 5.92 Å². The van der Waals surface area contributed by atoms with E-state index in [1.54, 1.807) is 0 Å². The first kappa shape index (κ1) is 21.3. The highest BCUT2D eigenvalue weighted by Crippen LogP contribution is 2.23. The predicted molar refractivity (Wildman–Crippen MR) is 127 cm³/mol. The van der Waals surface area contributed by atoms with Crippen LogP contribution in [0, 0.1) is 12.8 Å². The Morgan fingerprint density at radius 1 is 1.06 bits per heavy atom. The molecule has 1 aliphatic rings. The molecule has 0 aliphatic carbocycles. The van der Waals surface area contributed by atoms with Crippen LogP contribution in [-0.4, -0.2) is 35.5 Å². The van der Waals surface area contributed by atoms with Crippen LogP contribution in [0.2, 0.25) is 0 Å². The van der Waals surface area contributed by atoms with Gasteiger partial charge in [-0.1, -0.05) is 35.9 Å². The average molecular weight is 418 g/mol. The van der Waals surface area contributed by atoms with Crippen molar-refractivity contribution in [3.63, 3.8) is 0 Å². The van der Waals surface area contributed by atoms with E-state index in [1.165, 1.54) is 5.56 Å². The third-order valence-corrected chi connectivity index (χ3v) is 6.31. The standard InChI is InChI=1S/C26H31N3O2/c1-19-5-3-6-20(17-19)9-10-25(30)27-24-8-4-7-23-22(24)13-16-29(26(23)31)18-21-11-14-28(2)15-12-21/h3-8,13,16-17,21H,9-12,14-15,18H2,1-2H3,(H,27,30). The van der Waals surface area contributed by atoms with Gasteiger partial charge in [-0.3, -0.25) is 9.59 Å². The molecule has 0 saturated carbocycles. The summed E-state index contributed by atoms with van der Waals surface area (Å²) in [5.74, 6) is 0.500. The van der Waals surface area contributed by atoms with E-state index in [2.05, 4.69) is 36.3 Å². The summed E-state index contributed by atoms with van der Waals surface area (Å²) >= 11 is 0. The third kappa shape index (κ3) is 5.23. The first-order chi connectivity index (χ1) is 15.0. The smallest absolute Gasteiger partial charge is 0.258 e. The zero-order chi connectivity index (χ0) is 21.8. The van der Waals surface area contributed by atoms with E-state index in [4.69, 9.17) is 0 Å². The van der Waals surface area contributed by atoms with E-state index in [1.807, 2.05) is 47.2 Å². The number of piperidine rings is 1. The first-order valence-electron chi connectivity index (χ1n) is 11.2. The van der Waals surface area contributed by atoms with Crippen LogP contribution in [-0.2, 0) is 17.8 Å². The number of pyridine rings is 1. The summed E-state index contributed by atoms with van der Waals surface area (Å²) in [6, 6.07) is 15.8. The molecular weight excluding hydrogens is 386 g/mol. The number of hydrogen-bond donors (Lipinski definition) is 1. The molecule has 2 heterocycles. The Morgan fingerprint density at radius 2 is 1.84 bits per heavy atom. The van der Waals surface area contributed by atoms with Gasteiger partial charge >= 0.3 is 0 Å². The topological polar surface area (TPSA) is 54.3 Å². The van der Waals surface area contributed by atoms with Crippen molar-refractivity contribution >= 4 is 22.4 Å².